The number of benzene rings is 2. The lowest BCUT2D eigenvalue weighted by atomic mass is 10.0. The molecule has 0 atom stereocenters. The van der Waals surface area contributed by atoms with Crippen LogP contribution >= 0.6 is 0 Å². The molecule has 0 amide bonds. The summed E-state index contributed by atoms with van der Waals surface area (Å²) in [7, 11) is 3.53. The normalized spacial score (nSPS) is 10.6. The first-order valence-electron chi connectivity index (χ1n) is 7.47. The third-order valence-corrected chi connectivity index (χ3v) is 3.98. The Morgan fingerprint density at radius 1 is 1.12 bits per heavy atom. The molecule has 0 spiro atoms. The summed E-state index contributed by atoms with van der Waals surface area (Å²) in [6.45, 7) is 0. The lowest BCUT2D eigenvalue weighted by Crippen LogP contribution is -2.01. The first-order chi connectivity index (χ1) is 11.6. The number of nitro groups is 1. The Hall–Kier alpha value is -3.15. The van der Waals surface area contributed by atoms with E-state index in [0.29, 0.717) is 6.42 Å². The first kappa shape index (κ1) is 15.7. The number of aryl methyl sites for hydroxylation is 1. The summed E-state index contributed by atoms with van der Waals surface area (Å²) in [5, 5.41) is 15.1. The van der Waals surface area contributed by atoms with E-state index in [1.165, 1.54) is 12.1 Å². The van der Waals surface area contributed by atoms with Gasteiger partial charge in [-0.25, -0.2) is 0 Å². The summed E-state index contributed by atoms with van der Waals surface area (Å²) in [4.78, 5) is 10.4. The number of aromatic nitrogens is 2. The number of non-ortho nitro benzene ring substituents is 1. The van der Waals surface area contributed by atoms with Gasteiger partial charge in [0.15, 0.2) is 0 Å². The quantitative estimate of drug-likeness (QED) is 0.531. The molecular weight excluding hydrogens is 306 g/mol. The molecule has 3 aromatic rings. The van der Waals surface area contributed by atoms with E-state index in [9.17, 15) is 10.1 Å². The summed E-state index contributed by atoms with van der Waals surface area (Å²) in [5.74, 6) is 0.805. The van der Waals surface area contributed by atoms with Crippen LogP contribution in [0.4, 0.5) is 5.69 Å². The molecule has 0 saturated carbocycles. The van der Waals surface area contributed by atoms with Gasteiger partial charge in [-0.05, 0) is 23.3 Å². The molecule has 0 aliphatic carbocycles. The fraction of sp³-hybridized carbons (Fsp3) is 0.167. The SMILES string of the molecule is COc1ccc(-c2cnn(C)c2Cc2ccc([N+](=O)[O-])cc2)cc1. The zero-order valence-electron chi connectivity index (χ0n) is 13.5. The lowest BCUT2D eigenvalue weighted by Gasteiger charge is -2.08. The molecule has 0 N–H and O–H groups in total. The van der Waals surface area contributed by atoms with Crippen LogP contribution in [0.15, 0.2) is 54.7 Å². The minimum Gasteiger partial charge on any atom is -0.497 e. The highest BCUT2D eigenvalue weighted by molar-refractivity contribution is 5.66. The number of methoxy groups -OCH3 is 1. The smallest absolute Gasteiger partial charge is 0.269 e. The molecule has 0 bridgehead atoms. The Kier molecular flexibility index (Phi) is 4.29. The Morgan fingerprint density at radius 3 is 2.38 bits per heavy atom. The van der Waals surface area contributed by atoms with E-state index >= 15 is 0 Å². The molecule has 0 fully saturated rings. The highest BCUT2D eigenvalue weighted by atomic mass is 16.6. The third kappa shape index (κ3) is 3.12. The van der Waals surface area contributed by atoms with E-state index in [2.05, 4.69) is 5.10 Å². The number of hydrogen-bond acceptors (Lipinski definition) is 4. The zero-order chi connectivity index (χ0) is 17.1. The third-order valence-electron chi connectivity index (χ3n) is 3.98. The standard InChI is InChI=1S/C18H17N3O3/c1-20-18(11-13-3-7-15(8-4-13)21(22)23)17(12-19-20)14-5-9-16(24-2)10-6-14/h3-10,12H,11H2,1-2H3. The van der Waals surface area contributed by atoms with Gasteiger partial charge in [-0.3, -0.25) is 14.8 Å². The highest BCUT2D eigenvalue weighted by Gasteiger charge is 2.12. The van der Waals surface area contributed by atoms with Gasteiger partial charge in [0.1, 0.15) is 5.75 Å². The molecule has 0 aliphatic rings. The van der Waals surface area contributed by atoms with E-state index in [1.54, 1.807) is 19.2 Å². The summed E-state index contributed by atoms with van der Waals surface area (Å²) < 4.78 is 7.03. The van der Waals surface area contributed by atoms with Gasteiger partial charge in [-0.2, -0.15) is 5.10 Å². The zero-order valence-corrected chi connectivity index (χ0v) is 13.5. The van der Waals surface area contributed by atoms with Gasteiger partial charge in [0.05, 0.1) is 23.9 Å². The van der Waals surface area contributed by atoms with E-state index in [0.717, 1.165) is 28.1 Å². The predicted molar refractivity (Wildman–Crippen MR) is 91.1 cm³/mol. The van der Waals surface area contributed by atoms with E-state index in [4.69, 9.17) is 4.74 Å². The van der Waals surface area contributed by atoms with Crippen molar-refractivity contribution in [3.8, 4) is 16.9 Å². The molecule has 3 rings (SSSR count). The van der Waals surface area contributed by atoms with Crippen molar-refractivity contribution in [1.82, 2.24) is 9.78 Å². The molecule has 6 heteroatoms. The van der Waals surface area contributed by atoms with Gasteiger partial charge in [0, 0.05) is 31.2 Å². The van der Waals surface area contributed by atoms with Crippen LogP contribution in [-0.4, -0.2) is 21.8 Å². The second-order valence-electron chi connectivity index (χ2n) is 5.46. The van der Waals surface area contributed by atoms with Crippen LogP contribution in [0, 0.1) is 10.1 Å². The van der Waals surface area contributed by atoms with Crippen molar-refractivity contribution in [3.05, 3.63) is 76.1 Å². The van der Waals surface area contributed by atoms with Crippen LogP contribution in [0.3, 0.4) is 0 Å². The Labute approximate surface area is 139 Å². The topological polar surface area (TPSA) is 70.2 Å². The second kappa shape index (κ2) is 6.54. The maximum atomic E-state index is 10.8. The van der Waals surface area contributed by atoms with E-state index < -0.39 is 4.92 Å². The van der Waals surface area contributed by atoms with Gasteiger partial charge in [-0.15, -0.1) is 0 Å². The maximum absolute atomic E-state index is 10.8. The molecule has 6 nitrogen and oxygen atoms in total. The number of ether oxygens (including phenoxy) is 1. The maximum Gasteiger partial charge on any atom is 0.269 e. The van der Waals surface area contributed by atoms with Gasteiger partial charge < -0.3 is 4.74 Å². The molecule has 1 aromatic heterocycles. The number of hydrogen-bond donors (Lipinski definition) is 0. The number of rotatable bonds is 5. The molecule has 0 radical (unpaired) electrons. The van der Waals surface area contributed by atoms with E-state index in [-0.39, 0.29) is 5.69 Å². The van der Waals surface area contributed by atoms with Crippen molar-refractivity contribution in [2.75, 3.05) is 7.11 Å². The minimum atomic E-state index is -0.392. The fourth-order valence-corrected chi connectivity index (χ4v) is 2.61. The monoisotopic (exact) mass is 323 g/mol. The van der Waals surface area contributed by atoms with Gasteiger partial charge >= 0.3 is 0 Å². The average Bonchev–Trinajstić information content (AvgIpc) is 2.96. The average molecular weight is 323 g/mol. The lowest BCUT2D eigenvalue weighted by molar-refractivity contribution is -0.384. The molecular formula is C18H17N3O3. The van der Waals surface area contributed by atoms with Crippen molar-refractivity contribution in [3.63, 3.8) is 0 Å². The van der Waals surface area contributed by atoms with Crippen molar-refractivity contribution < 1.29 is 9.66 Å². The summed E-state index contributed by atoms with van der Waals surface area (Å²) in [6, 6.07) is 14.4. The van der Waals surface area contributed by atoms with Gasteiger partial charge in [0.2, 0.25) is 0 Å². The van der Waals surface area contributed by atoms with Crippen molar-refractivity contribution in [2.45, 2.75) is 6.42 Å². The van der Waals surface area contributed by atoms with Crippen molar-refractivity contribution in [1.29, 1.82) is 0 Å². The Balaban J connectivity index is 1.90. The fourth-order valence-electron chi connectivity index (χ4n) is 2.61. The van der Waals surface area contributed by atoms with Crippen LogP contribution in [0.2, 0.25) is 0 Å². The Bertz CT molecular complexity index is 852. The van der Waals surface area contributed by atoms with Crippen LogP contribution < -0.4 is 4.74 Å². The summed E-state index contributed by atoms with van der Waals surface area (Å²) >= 11 is 0. The molecule has 2 aromatic carbocycles. The molecule has 0 saturated heterocycles. The summed E-state index contributed by atoms with van der Waals surface area (Å²) in [5.41, 5.74) is 4.24. The second-order valence-corrected chi connectivity index (χ2v) is 5.46. The van der Waals surface area contributed by atoms with Crippen LogP contribution in [0.25, 0.3) is 11.1 Å². The molecule has 0 aliphatic heterocycles. The van der Waals surface area contributed by atoms with Crippen molar-refractivity contribution >= 4 is 5.69 Å². The predicted octanol–water partition coefficient (Wildman–Crippen LogP) is 3.59. The van der Waals surface area contributed by atoms with Gasteiger partial charge in [0.25, 0.3) is 5.69 Å². The van der Waals surface area contributed by atoms with Crippen LogP contribution in [-0.2, 0) is 13.5 Å². The Morgan fingerprint density at radius 2 is 1.79 bits per heavy atom. The summed E-state index contributed by atoms with van der Waals surface area (Å²) in [6.07, 6.45) is 2.48. The van der Waals surface area contributed by atoms with Crippen LogP contribution in [0.5, 0.6) is 5.75 Å². The molecule has 122 valence electrons. The highest BCUT2D eigenvalue weighted by Crippen LogP contribution is 2.27. The van der Waals surface area contributed by atoms with Crippen LogP contribution in [0.1, 0.15) is 11.3 Å². The minimum absolute atomic E-state index is 0.0964. The number of nitro benzene ring substituents is 1. The molecule has 0 unspecified atom stereocenters. The van der Waals surface area contributed by atoms with Crippen molar-refractivity contribution in [2.24, 2.45) is 7.05 Å². The first-order valence-corrected chi connectivity index (χ1v) is 7.47. The largest absolute Gasteiger partial charge is 0.497 e. The molecule has 1 heterocycles. The molecule has 24 heavy (non-hydrogen) atoms. The number of nitrogens with zero attached hydrogens (tertiary/aromatic N) is 3. The van der Waals surface area contributed by atoms with Gasteiger partial charge in [-0.1, -0.05) is 24.3 Å². The van der Waals surface area contributed by atoms with E-state index in [1.807, 2.05) is 42.2 Å².